The molecule has 0 spiro atoms. The van der Waals surface area contributed by atoms with E-state index in [0.717, 1.165) is 36.4 Å². The molecule has 0 fully saturated rings. The Kier molecular flexibility index (Phi) is 9.70. The average molecular weight is 520 g/mol. The van der Waals surface area contributed by atoms with Crippen LogP contribution < -0.4 is 64.2 Å². The molecular formula is C17H9F3N2Na2O7S2. The van der Waals surface area contributed by atoms with E-state index >= 15 is 0 Å². The molecule has 164 valence electrons. The first-order valence-electron chi connectivity index (χ1n) is 7.98. The summed E-state index contributed by atoms with van der Waals surface area (Å²) in [6.07, 6.45) is -4.67. The average Bonchev–Trinajstić information content (AvgIpc) is 2.64. The number of rotatable bonds is 4. The molecule has 0 radical (unpaired) electrons. The Balaban J connectivity index is 0.00000272. The maximum atomic E-state index is 12.8. The minimum absolute atomic E-state index is 0. The summed E-state index contributed by atoms with van der Waals surface area (Å²) in [4.78, 5) is -1.93. The second-order valence-corrected chi connectivity index (χ2v) is 8.88. The largest absolute Gasteiger partial charge is 1.00 e. The van der Waals surface area contributed by atoms with E-state index in [4.69, 9.17) is 0 Å². The Bertz CT molecular complexity index is 1440. The van der Waals surface area contributed by atoms with Crippen LogP contribution in [-0.4, -0.2) is 25.9 Å². The molecule has 3 rings (SSSR count). The summed E-state index contributed by atoms with van der Waals surface area (Å²) in [5, 5.41) is 19.2. The third kappa shape index (κ3) is 6.97. The van der Waals surface area contributed by atoms with Crippen LogP contribution in [0.5, 0.6) is 5.75 Å². The number of nitrogens with zero attached hydrogens (tertiary/aromatic N) is 2. The van der Waals surface area contributed by atoms with Crippen LogP contribution in [0.3, 0.4) is 0 Å². The molecule has 0 saturated heterocycles. The van der Waals surface area contributed by atoms with Gasteiger partial charge in [-0.05, 0) is 41.8 Å². The zero-order valence-electron chi connectivity index (χ0n) is 16.9. The summed E-state index contributed by atoms with van der Waals surface area (Å²) >= 11 is 0. The molecule has 16 heteroatoms. The van der Waals surface area contributed by atoms with Gasteiger partial charge in [-0.2, -0.15) is 31.8 Å². The summed E-state index contributed by atoms with van der Waals surface area (Å²) < 4.78 is 105. The van der Waals surface area contributed by atoms with E-state index in [0.29, 0.717) is 12.1 Å². The molecule has 0 aliphatic rings. The van der Waals surface area contributed by atoms with E-state index < -0.39 is 53.2 Å². The van der Waals surface area contributed by atoms with Crippen molar-refractivity contribution >= 4 is 42.4 Å². The predicted octanol–water partition coefficient (Wildman–Crippen LogP) is -2.49. The Labute approximate surface area is 229 Å². The summed E-state index contributed by atoms with van der Waals surface area (Å²) in [7, 11) is -10.0. The van der Waals surface area contributed by atoms with E-state index in [1.807, 2.05) is 0 Å². The predicted molar refractivity (Wildman–Crippen MR) is 96.8 cm³/mol. The number of alkyl halides is 3. The van der Waals surface area contributed by atoms with Gasteiger partial charge in [-0.15, -0.1) is 0 Å². The van der Waals surface area contributed by atoms with Gasteiger partial charge in [-0.3, -0.25) is 4.55 Å². The number of hydrogen-bond donors (Lipinski definition) is 1. The number of benzene rings is 3. The summed E-state index contributed by atoms with van der Waals surface area (Å²) in [5.41, 5.74) is -2.07. The summed E-state index contributed by atoms with van der Waals surface area (Å²) in [5.74, 6) is -1.33. The van der Waals surface area contributed by atoms with E-state index in [-0.39, 0.29) is 75.6 Å². The first kappa shape index (κ1) is 30.0. The summed E-state index contributed by atoms with van der Waals surface area (Å²) in [6, 6.07) is 6.80. The molecule has 3 aromatic rings. The molecule has 0 aromatic heterocycles. The Morgan fingerprint density at radius 3 is 2.09 bits per heavy atom. The van der Waals surface area contributed by atoms with Gasteiger partial charge in [0.1, 0.15) is 10.1 Å². The first-order chi connectivity index (χ1) is 14.2. The topological polar surface area (TPSA) is 159 Å². The van der Waals surface area contributed by atoms with Crippen LogP contribution in [0.1, 0.15) is 5.56 Å². The molecule has 0 amide bonds. The van der Waals surface area contributed by atoms with Gasteiger partial charge < -0.3 is 9.66 Å². The SMILES string of the molecule is O=S(=O)([O-])c1ccc2c(N=Nc3cccc(C(F)(F)F)c3)c([O-])c(S(=O)(=O)O)cc2c1.[Na+].[Na+]. The minimum atomic E-state index is -5.10. The second-order valence-electron chi connectivity index (χ2n) is 6.11. The number of hydrogen-bond acceptors (Lipinski definition) is 8. The Hall–Kier alpha value is -1.07. The third-order valence-corrected chi connectivity index (χ3v) is 5.70. The smallest absolute Gasteiger partial charge is 0.870 e. The fraction of sp³-hybridized carbons (Fsp3) is 0.0588. The molecule has 0 saturated carbocycles. The van der Waals surface area contributed by atoms with Crippen molar-refractivity contribution in [1.82, 2.24) is 0 Å². The van der Waals surface area contributed by atoms with Crippen molar-refractivity contribution in [2.45, 2.75) is 16.0 Å². The standard InChI is InChI=1S/C17H11F3N2O7S2.2Na/c18-17(19,20)10-2-1-3-11(8-10)21-22-15-13-5-4-12(30(24,25)26)6-9(13)7-14(16(15)23)31(27,28)29;;/h1-8,23H,(H,24,25,26)(H,27,28,29);;/q;2*+1/p-2. The number of halogens is 3. The van der Waals surface area contributed by atoms with Gasteiger partial charge in [0.05, 0.1) is 26.7 Å². The zero-order chi connectivity index (χ0) is 23.2. The van der Waals surface area contributed by atoms with Crippen molar-refractivity contribution in [3.05, 3.63) is 54.1 Å². The fourth-order valence-corrected chi connectivity index (χ4v) is 3.73. The molecule has 0 bridgehead atoms. The van der Waals surface area contributed by atoms with E-state index in [9.17, 15) is 44.2 Å². The third-order valence-electron chi connectivity index (χ3n) is 4.01. The van der Waals surface area contributed by atoms with Crippen LogP contribution in [0.2, 0.25) is 0 Å². The zero-order valence-corrected chi connectivity index (χ0v) is 22.5. The molecule has 0 atom stereocenters. The van der Waals surface area contributed by atoms with Crippen LogP contribution in [0.4, 0.5) is 24.5 Å². The van der Waals surface area contributed by atoms with Gasteiger partial charge in [0.2, 0.25) is 0 Å². The van der Waals surface area contributed by atoms with E-state index in [2.05, 4.69) is 10.2 Å². The quantitative estimate of drug-likeness (QED) is 0.226. The second kappa shape index (κ2) is 10.7. The molecule has 33 heavy (non-hydrogen) atoms. The van der Waals surface area contributed by atoms with Gasteiger partial charge >= 0.3 is 65.3 Å². The number of fused-ring (bicyclic) bond motifs is 1. The monoisotopic (exact) mass is 520 g/mol. The molecular weight excluding hydrogens is 511 g/mol. The number of azo groups is 1. The van der Waals surface area contributed by atoms with Crippen molar-refractivity contribution in [2.75, 3.05) is 0 Å². The first-order valence-corrected chi connectivity index (χ1v) is 10.8. The van der Waals surface area contributed by atoms with E-state index in [1.54, 1.807) is 0 Å². The molecule has 0 aliphatic heterocycles. The Morgan fingerprint density at radius 1 is 0.909 bits per heavy atom. The molecule has 0 unspecified atom stereocenters. The van der Waals surface area contributed by atoms with E-state index in [1.165, 1.54) is 0 Å². The fourth-order valence-electron chi connectivity index (χ4n) is 2.62. The molecule has 0 aliphatic carbocycles. The molecule has 9 nitrogen and oxygen atoms in total. The maximum absolute atomic E-state index is 12.8. The van der Waals surface area contributed by atoms with Crippen molar-refractivity contribution < 1.29 is 103 Å². The van der Waals surface area contributed by atoms with Gasteiger partial charge in [-0.25, -0.2) is 8.42 Å². The van der Waals surface area contributed by atoms with Crippen molar-refractivity contribution in [3.63, 3.8) is 0 Å². The van der Waals surface area contributed by atoms with Crippen LogP contribution in [0.15, 0.2) is 68.6 Å². The van der Waals surface area contributed by atoms with Crippen molar-refractivity contribution in [1.29, 1.82) is 0 Å². The molecule has 1 N–H and O–H groups in total. The van der Waals surface area contributed by atoms with Gasteiger partial charge in [0.25, 0.3) is 10.1 Å². The summed E-state index contributed by atoms with van der Waals surface area (Å²) in [6.45, 7) is 0. The minimum Gasteiger partial charge on any atom is -0.870 e. The normalized spacial score (nSPS) is 12.4. The van der Waals surface area contributed by atoms with Crippen LogP contribution in [0, 0.1) is 0 Å². The van der Waals surface area contributed by atoms with Crippen molar-refractivity contribution in [2.24, 2.45) is 10.2 Å². The molecule has 0 heterocycles. The van der Waals surface area contributed by atoms with Crippen molar-refractivity contribution in [3.8, 4) is 5.75 Å². The van der Waals surface area contributed by atoms with Gasteiger partial charge in [-0.1, -0.05) is 17.9 Å². The Morgan fingerprint density at radius 2 is 1.55 bits per heavy atom. The van der Waals surface area contributed by atoms with Crippen LogP contribution in [-0.2, 0) is 26.4 Å². The maximum Gasteiger partial charge on any atom is 1.00 e. The van der Waals surface area contributed by atoms with Crippen LogP contribution >= 0.6 is 0 Å². The van der Waals surface area contributed by atoms with Gasteiger partial charge in [0.15, 0.2) is 0 Å². The molecule has 3 aromatic carbocycles. The van der Waals surface area contributed by atoms with Crippen LogP contribution in [0.25, 0.3) is 10.8 Å². The van der Waals surface area contributed by atoms with Gasteiger partial charge in [0, 0.05) is 5.39 Å².